The van der Waals surface area contributed by atoms with Crippen molar-refractivity contribution in [3.63, 3.8) is 0 Å². The fraction of sp³-hybridized carbons (Fsp3) is 0.345. The highest BCUT2D eigenvalue weighted by Crippen LogP contribution is 2.31. The molecule has 1 atom stereocenters. The summed E-state index contributed by atoms with van der Waals surface area (Å²) < 4.78 is 22.2. The van der Waals surface area contributed by atoms with Crippen LogP contribution in [-0.4, -0.2) is 46.7 Å². The number of hydrogen-bond donors (Lipinski definition) is 4. The fourth-order valence-electron chi connectivity index (χ4n) is 4.38. The van der Waals surface area contributed by atoms with E-state index in [1.165, 1.54) is 4.57 Å². The molecule has 1 unspecified atom stereocenters. The third-order valence-electron chi connectivity index (χ3n) is 6.71. The van der Waals surface area contributed by atoms with Crippen LogP contribution >= 0.6 is 11.6 Å². The minimum absolute atomic E-state index is 0.0678. The molecule has 0 saturated heterocycles. The van der Waals surface area contributed by atoms with Crippen LogP contribution in [0.25, 0.3) is 28.0 Å². The third kappa shape index (κ3) is 7.47. The fourth-order valence-corrected chi connectivity index (χ4v) is 4.63. The van der Waals surface area contributed by atoms with Crippen molar-refractivity contribution in [2.24, 2.45) is 16.5 Å². The Hall–Kier alpha value is -3.73. The minimum atomic E-state index is -0.509. The summed E-state index contributed by atoms with van der Waals surface area (Å²) in [4.78, 5) is 24.0. The van der Waals surface area contributed by atoms with Crippen LogP contribution in [0.1, 0.15) is 37.3 Å². The Labute approximate surface area is 237 Å². The summed E-state index contributed by atoms with van der Waals surface area (Å²) in [5, 5.41) is 3.96. The Morgan fingerprint density at radius 1 is 1.20 bits per heavy atom. The Morgan fingerprint density at radius 3 is 2.70 bits per heavy atom. The number of nitrogens with one attached hydrogen (secondary N) is 2. The number of nitrogens with zero attached hydrogens (tertiary/aromatic N) is 3. The Bertz CT molecular complexity index is 1530. The van der Waals surface area contributed by atoms with Gasteiger partial charge in [-0.3, -0.25) is 9.56 Å². The van der Waals surface area contributed by atoms with Crippen molar-refractivity contribution in [1.82, 2.24) is 19.9 Å². The number of guanidine groups is 1. The van der Waals surface area contributed by atoms with E-state index in [1.54, 1.807) is 18.3 Å². The molecule has 0 aliphatic carbocycles. The molecule has 0 radical (unpaired) electrons. The lowest BCUT2D eigenvalue weighted by Crippen LogP contribution is -2.23. The highest BCUT2D eigenvalue weighted by molar-refractivity contribution is 6.31. The summed E-state index contributed by atoms with van der Waals surface area (Å²) in [6, 6.07) is 13.1. The average molecular weight is 568 g/mol. The first-order chi connectivity index (χ1) is 19.2. The molecular formula is C29H35ClFN7O2. The normalized spacial score (nSPS) is 12.1. The molecule has 6 N–H and O–H groups in total. The van der Waals surface area contributed by atoms with Crippen LogP contribution in [0.15, 0.2) is 58.4 Å². The number of aliphatic imine (C=N–C) groups is 1. The maximum absolute atomic E-state index is 15.1. The second kappa shape index (κ2) is 13.6. The van der Waals surface area contributed by atoms with Crippen molar-refractivity contribution < 1.29 is 9.13 Å². The molecule has 212 valence electrons. The standard InChI is InChI=1S/C29H35ClFN7O2/c1-18(34-2)5-3-6-20-13-23(26(31)24(30)14-20)25-15-21-16-38(29(39)37-27(21)36-25)22-9-7-19(8-10-22)17-40-12-4-11-35-28(32)33/h7-10,13-16,18,34H,3-6,11-12,17H2,1-2H3,(H4,32,33,35)(H,36,37,39). The van der Waals surface area contributed by atoms with Crippen molar-refractivity contribution in [3.8, 4) is 16.9 Å². The zero-order valence-corrected chi connectivity index (χ0v) is 23.5. The van der Waals surface area contributed by atoms with Gasteiger partial charge in [-0.1, -0.05) is 23.7 Å². The molecule has 0 aliphatic rings. The van der Waals surface area contributed by atoms with Crippen LogP contribution in [0.4, 0.5) is 4.39 Å². The molecule has 0 fully saturated rings. The van der Waals surface area contributed by atoms with Crippen LogP contribution in [0, 0.1) is 5.82 Å². The van der Waals surface area contributed by atoms with Crippen LogP contribution in [0.3, 0.4) is 0 Å². The lowest BCUT2D eigenvalue weighted by atomic mass is 10.0. The van der Waals surface area contributed by atoms with Crippen LogP contribution in [0.5, 0.6) is 0 Å². The number of halogens is 2. The molecule has 4 aromatic rings. The summed E-state index contributed by atoms with van der Waals surface area (Å²) in [7, 11) is 1.94. The number of nitrogens with two attached hydrogens (primary N) is 2. The number of aromatic nitrogens is 3. The van der Waals surface area contributed by atoms with Crippen molar-refractivity contribution in [3.05, 3.63) is 81.1 Å². The first-order valence-electron chi connectivity index (χ1n) is 13.3. The predicted molar refractivity (Wildman–Crippen MR) is 159 cm³/mol. The van der Waals surface area contributed by atoms with Gasteiger partial charge in [-0.05, 0) is 81.1 Å². The molecule has 2 aromatic carbocycles. The molecule has 2 heterocycles. The number of aromatic amines is 1. The largest absolute Gasteiger partial charge is 0.377 e. The maximum Gasteiger partial charge on any atom is 0.354 e. The van der Waals surface area contributed by atoms with E-state index in [2.05, 4.69) is 27.2 Å². The van der Waals surface area contributed by atoms with Gasteiger partial charge < -0.3 is 26.5 Å². The zero-order valence-electron chi connectivity index (χ0n) is 22.7. The molecule has 11 heteroatoms. The zero-order chi connectivity index (χ0) is 28.6. The van der Waals surface area contributed by atoms with Gasteiger partial charge in [0.1, 0.15) is 5.65 Å². The maximum atomic E-state index is 15.1. The molecule has 0 saturated carbocycles. The molecule has 9 nitrogen and oxygen atoms in total. The monoisotopic (exact) mass is 567 g/mol. The van der Waals surface area contributed by atoms with Gasteiger partial charge in [-0.15, -0.1) is 0 Å². The number of ether oxygens (including phenoxy) is 1. The average Bonchev–Trinajstić information content (AvgIpc) is 3.34. The van der Waals surface area contributed by atoms with E-state index in [0.29, 0.717) is 60.2 Å². The lowest BCUT2D eigenvalue weighted by Gasteiger charge is -2.11. The molecule has 0 aliphatic heterocycles. The van der Waals surface area contributed by atoms with E-state index in [4.69, 9.17) is 27.8 Å². The van der Waals surface area contributed by atoms with Gasteiger partial charge in [0.2, 0.25) is 0 Å². The highest BCUT2D eigenvalue weighted by atomic mass is 35.5. The number of fused-ring (bicyclic) bond motifs is 1. The summed E-state index contributed by atoms with van der Waals surface area (Å²) in [6.45, 7) is 3.60. The van der Waals surface area contributed by atoms with Gasteiger partial charge in [0, 0.05) is 36.3 Å². The number of H-pyrrole nitrogens is 1. The second-order valence-electron chi connectivity index (χ2n) is 9.78. The molecule has 4 rings (SSSR count). The first kappa shape index (κ1) is 29.3. The van der Waals surface area contributed by atoms with Crippen LogP contribution in [0.2, 0.25) is 5.02 Å². The number of benzene rings is 2. The smallest absolute Gasteiger partial charge is 0.354 e. The van der Waals surface area contributed by atoms with E-state index in [9.17, 15) is 4.79 Å². The van der Waals surface area contributed by atoms with Gasteiger partial charge in [0.25, 0.3) is 0 Å². The van der Waals surface area contributed by atoms with Gasteiger partial charge in [0.05, 0.1) is 23.0 Å². The van der Waals surface area contributed by atoms with Crippen molar-refractivity contribution in [2.75, 3.05) is 20.2 Å². The molecule has 40 heavy (non-hydrogen) atoms. The number of rotatable bonds is 13. The van der Waals surface area contributed by atoms with Crippen molar-refractivity contribution in [2.45, 2.75) is 45.3 Å². The van der Waals surface area contributed by atoms with Gasteiger partial charge in [-0.2, -0.15) is 4.98 Å². The van der Waals surface area contributed by atoms with E-state index < -0.39 is 11.5 Å². The van der Waals surface area contributed by atoms with E-state index in [1.807, 2.05) is 37.4 Å². The Balaban J connectivity index is 1.50. The second-order valence-corrected chi connectivity index (χ2v) is 10.2. The highest BCUT2D eigenvalue weighted by Gasteiger charge is 2.15. The lowest BCUT2D eigenvalue weighted by molar-refractivity contribution is 0.120. The van der Waals surface area contributed by atoms with Crippen LogP contribution < -0.4 is 22.5 Å². The number of hydrogen-bond acceptors (Lipinski definition) is 5. The predicted octanol–water partition coefficient (Wildman–Crippen LogP) is 4.28. The van der Waals surface area contributed by atoms with Gasteiger partial charge >= 0.3 is 5.69 Å². The van der Waals surface area contributed by atoms with E-state index in [-0.39, 0.29) is 11.0 Å². The minimum Gasteiger partial charge on any atom is -0.377 e. The molecule has 0 amide bonds. The molecule has 2 aromatic heterocycles. The summed E-state index contributed by atoms with van der Waals surface area (Å²) >= 11 is 6.25. The van der Waals surface area contributed by atoms with E-state index >= 15 is 4.39 Å². The summed E-state index contributed by atoms with van der Waals surface area (Å²) in [6.07, 6.45) is 5.13. The van der Waals surface area contributed by atoms with Gasteiger partial charge in [0.15, 0.2) is 11.8 Å². The Morgan fingerprint density at radius 2 is 1.98 bits per heavy atom. The number of aryl methyl sites for hydroxylation is 1. The topological polar surface area (TPSA) is 136 Å². The quantitative estimate of drug-likeness (QED) is 0.108. The third-order valence-corrected chi connectivity index (χ3v) is 6.98. The van der Waals surface area contributed by atoms with E-state index in [0.717, 1.165) is 30.4 Å². The first-order valence-corrected chi connectivity index (χ1v) is 13.6. The molecular weight excluding hydrogens is 533 g/mol. The Kier molecular flexibility index (Phi) is 9.92. The van der Waals surface area contributed by atoms with Crippen LogP contribution in [-0.2, 0) is 17.8 Å². The van der Waals surface area contributed by atoms with Crippen molar-refractivity contribution >= 4 is 28.6 Å². The summed E-state index contributed by atoms with van der Waals surface area (Å²) in [5.74, 6) is -0.439. The summed E-state index contributed by atoms with van der Waals surface area (Å²) in [5.41, 5.74) is 14.0. The SMILES string of the molecule is CNC(C)CCCc1cc(Cl)c(F)c(-c2cc3cn(-c4ccc(COCCCN=C(N)N)cc4)c(=O)nc3[nH]2)c1. The molecule has 0 spiro atoms. The molecule has 0 bridgehead atoms. The van der Waals surface area contributed by atoms with Gasteiger partial charge in [-0.25, -0.2) is 9.18 Å². The van der Waals surface area contributed by atoms with Crippen molar-refractivity contribution in [1.29, 1.82) is 0 Å².